The number of nitrogens with one attached hydrogen (secondary N) is 1. The highest BCUT2D eigenvalue weighted by atomic mass is 19.1. The van der Waals surface area contributed by atoms with Gasteiger partial charge in [0, 0.05) is 12.7 Å². The minimum atomic E-state index is -0.710. The number of nitrogens with zero attached hydrogens (tertiary/aromatic N) is 1. The summed E-state index contributed by atoms with van der Waals surface area (Å²) >= 11 is 0. The minimum Gasteiger partial charge on any atom is -0.336 e. The van der Waals surface area contributed by atoms with Crippen LogP contribution in [0.1, 0.15) is 37.3 Å². The molecule has 0 radical (unpaired) electrons. The third kappa shape index (κ3) is 3.87. The lowest BCUT2D eigenvalue weighted by molar-refractivity contribution is -0.141. The molecule has 0 aliphatic heterocycles. The molecule has 1 N–H and O–H groups in total. The highest BCUT2D eigenvalue weighted by molar-refractivity contribution is 5.97. The lowest BCUT2D eigenvalue weighted by atomic mass is 9.63. The molecular formula is C22H25FN2O2. The number of aryl methyl sites for hydroxylation is 1. The average molecular weight is 368 g/mol. The number of hydrogen-bond acceptors (Lipinski definition) is 2. The SMILES string of the molecule is CCc1ccccc1NC(=O)CN(C)C(=O)C1(c2cccc(F)c2)CCC1. The van der Waals surface area contributed by atoms with Gasteiger partial charge in [-0.1, -0.05) is 43.7 Å². The fourth-order valence-corrected chi connectivity index (χ4v) is 3.74. The zero-order valence-electron chi connectivity index (χ0n) is 15.8. The van der Waals surface area contributed by atoms with Crippen molar-refractivity contribution in [3.63, 3.8) is 0 Å². The first-order chi connectivity index (χ1) is 13.0. The Labute approximate surface area is 159 Å². The molecule has 0 saturated heterocycles. The smallest absolute Gasteiger partial charge is 0.243 e. The van der Waals surface area contributed by atoms with Gasteiger partial charge in [0.2, 0.25) is 11.8 Å². The van der Waals surface area contributed by atoms with Gasteiger partial charge in [0.1, 0.15) is 5.82 Å². The van der Waals surface area contributed by atoms with Crippen LogP contribution >= 0.6 is 0 Å². The second-order valence-electron chi connectivity index (χ2n) is 7.17. The summed E-state index contributed by atoms with van der Waals surface area (Å²) in [6, 6.07) is 13.9. The van der Waals surface area contributed by atoms with Gasteiger partial charge in [-0.15, -0.1) is 0 Å². The van der Waals surface area contributed by atoms with Crippen LogP contribution < -0.4 is 5.32 Å². The normalized spacial score (nSPS) is 14.9. The Bertz CT molecular complexity index is 846. The predicted octanol–water partition coefficient (Wildman–Crippen LogP) is 3.91. The summed E-state index contributed by atoms with van der Waals surface area (Å²) in [5.41, 5.74) is 1.81. The van der Waals surface area contributed by atoms with Crippen molar-refractivity contribution in [1.29, 1.82) is 0 Å². The lowest BCUT2D eigenvalue weighted by Gasteiger charge is -2.43. The molecule has 2 amide bonds. The third-order valence-electron chi connectivity index (χ3n) is 5.39. The summed E-state index contributed by atoms with van der Waals surface area (Å²) in [6.07, 6.45) is 3.10. The van der Waals surface area contributed by atoms with Crippen LogP contribution in [-0.2, 0) is 21.4 Å². The molecule has 1 aliphatic rings. The van der Waals surface area contributed by atoms with Gasteiger partial charge in [-0.2, -0.15) is 0 Å². The molecule has 0 bridgehead atoms. The van der Waals surface area contributed by atoms with E-state index in [0.29, 0.717) is 18.4 Å². The van der Waals surface area contributed by atoms with E-state index >= 15 is 0 Å². The highest BCUT2D eigenvalue weighted by Crippen LogP contribution is 2.45. The topological polar surface area (TPSA) is 49.4 Å². The Morgan fingerprint density at radius 1 is 1.15 bits per heavy atom. The van der Waals surface area contributed by atoms with E-state index in [2.05, 4.69) is 5.32 Å². The lowest BCUT2D eigenvalue weighted by Crippen LogP contribution is -2.51. The summed E-state index contributed by atoms with van der Waals surface area (Å²) in [4.78, 5) is 27.0. The van der Waals surface area contributed by atoms with Gasteiger partial charge in [0.05, 0.1) is 12.0 Å². The van der Waals surface area contributed by atoms with Crippen molar-refractivity contribution in [3.8, 4) is 0 Å². The van der Waals surface area contributed by atoms with Gasteiger partial charge in [0.25, 0.3) is 0 Å². The van der Waals surface area contributed by atoms with Crippen LogP contribution in [0, 0.1) is 5.82 Å². The second-order valence-corrected chi connectivity index (χ2v) is 7.17. The van der Waals surface area contributed by atoms with Gasteiger partial charge >= 0.3 is 0 Å². The van der Waals surface area contributed by atoms with Crippen LogP contribution in [0.5, 0.6) is 0 Å². The van der Waals surface area contributed by atoms with E-state index in [9.17, 15) is 14.0 Å². The number of hydrogen-bond donors (Lipinski definition) is 1. The molecule has 2 aromatic carbocycles. The molecule has 5 heteroatoms. The summed E-state index contributed by atoms with van der Waals surface area (Å²) in [6.45, 7) is 1.99. The van der Waals surface area contributed by atoms with Gasteiger partial charge in [-0.25, -0.2) is 4.39 Å². The number of para-hydroxylation sites is 1. The summed E-state index contributed by atoms with van der Waals surface area (Å²) in [5, 5.41) is 2.89. The van der Waals surface area contributed by atoms with Gasteiger partial charge in [-0.3, -0.25) is 9.59 Å². The van der Waals surface area contributed by atoms with E-state index in [0.717, 1.165) is 24.1 Å². The number of likely N-dealkylation sites (N-methyl/N-ethyl adjacent to an activating group) is 1. The van der Waals surface area contributed by atoms with Gasteiger partial charge < -0.3 is 10.2 Å². The molecule has 2 aromatic rings. The predicted molar refractivity (Wildman–Crippen MR) is 104 cm³/mol. The highest BCUT2D eigenvalue weighted by Gasteiger charge is 2.47. The first-order valence-electron chi connectivity index (χ1n) is 9.35. The zero-order valence-corrected chi connectivity index (χ0v) is 15.8. The van der Waals surface area contributed by atoms with E-state index in [1.54, 1.807) is 19.2 Å². The van der Waals surface area contributed by atoms with E-state index < -0.39 is 5.41 Å². The molecule has 0 atom stereocenters. The number of amides is 2. The van der Waals surface area contributed by atoms with Gasteiger partial charge in [0.15, 0.2) is 0 Å². The number of carbonyl (C=O) groups excluding carboxylic acids is 2. The number of anilines is 1. The van der Waals surface area contributed by atoms with Crippen LogP contribution in [0.4, 0.5) is 10.1 Å². The average Bonchev–Trinajstić information content (AvgIpc) is 2.61. The largest absolute Gasteiger partial charge is 0.336 e. The van der Waals surface area contributed by atoms with Crippen molar-refractivity contribution in [2.75, 3.05) is 18.9 Å². The Morgan fingerprint density at radius 3 is 2.52 bits per heavy atom. The molecule has 27 heavy (non-hydrogen) atoms. The van der Waals surface area contributed by atoms with Crippen molar-refractivity contribution < 1.29 is 14.0 Å². The molecule has 0 aromatic heterocycles. The van der Waals surface area contributed by atoms with E-state index in [4.69, 9.17) is 0 Å². The molecule has 142 valence electrons. The first-order valence-corrected chi connectivity index (χ1v) is 9.35. The van der Waals surface area contributed by atoms with Crippen molar-refractivity contribution in [2.45, 2.75) is 38.0 Å². The van der Waals surface area contributed by atoms with Crippen LogP contribution in [0.3, 0.4) is 0 Å². The Hall–Kier alpha value is -2.69. The summed E-state index contributed by atoms with van der Waals surface area (Å²) < 4.78 is 13.7. The number of carbonyl (C=O) groups is 2. The quantitative estimate of drug-likeness (QED) is 0.840. The Kier molecular flexibility index (Phi) is 5.59. The molecule has 1 fully saturated rings. The third-order valence-corrected chi connectivity index (χ3v) is 5.39. The van der Waals surface area contributed by atoms with Crippen LogP contribution in [0.15, 0.2) is 48.5 Å². The molecular weight excluding hydrogens is 343 g/mol. The minimum absolute atomic E-state index is 0.0338. The number of rotatable bonds is 6. The maximum absolute atomic E-state index is 13.7. The summed E-state index contributed by atoms with van der Waals surface area (Å²) in [7, 11) is 1.63. The van der Waals surface area contributed by atoms with E-state index in [1.165, 1.54) is 17.0 Å². The second kappa shape index (κ2) is 7.91. The van der Waals surface area contributed by atoms with Crippen molar-refractivity contribution >= 4 is 17.5 Å². The van der Waals surface area contributed by atoms with E-state index in [-0.39, 0.29) is 24.2 Å². The van der Waals surface area contributed by atoms with Crippen molar-refractivity contribution in [3.05, 3.63) is 65.5 Å². The van der Waals surface area contributed by atoms with Gasteiger partial charge in [-0.05, 0) is 48.6 Å². The molecule has 3 rings (SSSR count). The molecule has 1 saturated carbocycles. The Balaban J connectivity index is 1.70. The summed E-state index contributed by atoms with van der Waals surface area (Å²) in [5.74, 6) is -0.707. The zero-order chi connectivity index (χ0) is 19.4. The maximum atomic E-state index is 13.7. The van der Waals surface area contributed by atoms with Crippen LogP contribution in [-0.4, -0.2) is 30.3 Å². The number of benzene rings is 2. The molecule has 0 spiro atoms. The van der Waals surface area contributed by atoms with Crippen molar-refractivity contribution in [2.24, 2.45) is 0 Å². The van der Waals surface area contributed by atoms with Crippen LogP contribution in [0.2, 0.25) is 0 Å². The number of halogens is 1. The van der Waals surface area contributed by atoms with E-state index in [1.807, 2.05) is 31.2 Å². The van der Waals surface area contributed by atoms with Crippen molar-refractivity contribution in [1.82, 2.24) is 4.90 Å². The maximum Gasteiger partial charge on any atom is 0.243 e. The standard InChI is InChI=1S/C22H25FN2O2/c1-3-16-8-4-5-11-19(16)24-20(26)15-25(2)21(27)22(12-7-13-22)17-9-6-10-18(23)14-17/h4-6,8-11,14H,3,7,12-13,15H2,1-2H3,(H,24,26). The molecule has 1 aliphatic carbocycles. The molecule has 0 unspecified atom stereocenters. The Morgan fingerprint density at radius 2 is 1.89 bits per heavy atom. The molecule has 0 heterocycles. The first kappa shape index (κ1) is 19.1. The fraction of sp³-hybridized carbons (Fsp3) is 0.364. The molecule has 4 nitrogen and oxygen atoms in total. The monoisotopic (exact) mass is 368 g/mol. The fourth-order valence-electron chi connectivity index (χ4n) is 3.74. The van der Waals surface area contributed by atoms with Crippen LogP contribution in [0.25, 0.3) is 0 Å².